The molecule has 0 rings (SSSR count). The van der Waals surface area contributed by atoms with Crippen LogP contribution >= 0.6 is 24.0 Å². The summed E-state index contributed by atoms with van der Waals surface area (Å²) < 4.78 is 35.5. The standard InChI is InChI=1S/C9H15F3N2OS2/c1-3-8(2,6(13)16)7(15)14-4-5-17-9(10,11)12/h3-5H2,1-2H3,(H2,13,16)(H,14,15). The first-order valence-electron chi connectivity index (χ1n) is 4.92. The number of carbonyl (C=O) groups excluding carboxylic acids is 1. The minimum atomic E-state index is -4.28. The molecule has 0 aliphatic carbocycles. The van der Waals surface area contributed by atoms with Crippen LogP contribution in [0, 0.1) is 5.41 Å². The van der Waals surface area contributed by atoms with E-state index in [4.69, 9.17) is 18.0 Å². The largest absolute Gasteiger partial charge is 0.441 e. The molecule has 1 unspecified atom stereocenters. The number of alkyl halides is 3. The Morgan fingerprint density at radius 2 is 2.00 bits per heavy atom. The maximum Gasteiger partial charge on any atom is 0.441 e. The lowest BCUT2D eigenvalue weighted by Crippen LogP contribution is -2.47. The van der Waals surface area contributed by atoms with Crippen LogP contribution in [-0.2, 0) is 4.79 Å². The molecule has 1 amide bonds. The highest BCUT2D eigenvalue weighted by Gasteiger charge is 2.34. The highest BCUT2D eigenvalue weighted by atomic mass is 32.2. The van der Waals surface area contributed by atoms with Gasteiger partial charge in [-0.1, -0.05) is 19.1 Å². The molecule has 17 heavy (non-hydrogen) atoms. The van der Waals surface area contributed by atoms with Gasteiger partial charge in [0, 0.05) is 12.3 Å². The van der Waals surface area contributed by atoms with Crippen molar-refractivity contribution in [2.45, 2.75) is 25.8 Å². The van der Waals surface area contributed by atoms with Crippen LogP contribution in [0.15, 0.2) is 0 Å². The number of carbonyl (C=O) groups is 1. The minimum absolute atomic E-state index is 0.0426. The van der Waals surface area contributed by atoms with E-state index in [1.807, 2.05) is 0 Å². The van der Waals surface area contributed by atoms with E-state index in [0.717, 1.165) is 0 Å². The first kappa shape index (κ1) is 16.5. The molecule has 3 N–H and O–H groups in total. The molecule has 0 radical (unpaired) electrons. The average Bonchev–Trinajstić information content (AvgIpc) is 2.21. The number of amides is 1. The summed E-state index contributed by atoms with van der Waals surface area (Å²) in [6.45, 7) is 3.24. The van der Waals surface area contributed by atoms with E-state index in [0.29, 0.717) is 6.42 Å². The number of hydrogen-bond acceptors (Lipinski definition) is 3. The van der Waals surface area contributed by atoms with Crippen molar-refractivity contribution in [1.82, 2.24) is 5.32 Å². The van der Waals surface area contributed by atoms with Gasteiger partial charge in [0.2, 0.25) is 5.91 Å². The van der Waals surface area contributed by atoms with Crippen LogP contribution in [-0.4, -0.2) is 28.7 Å². The van der Waals surface area contributed by atoms with E-state index in [-0.39, 0.29) is 29.0 Å². The van der Waals surface area contributed by atoms with Crippen LogP contribution in [0.1, 0.15) is 20.3 Å². The Hall–Kier alpha value is -0.500. The lowest BCUT2D eigenvalue weighted by Gasteiger charge is -2.25. The van der Waals surface area contributed by atoms with E-state index >= 15 is 0 Å². The molecule has 0 saturated heterocycles. The third-order valence-corrected chi connectivity index (χ3v) is 3.59. The number of thioether (sulfide) groups is 1. The molecule has 0 aliphatic heterocycles. The van der Waals surface area contributed by atoms with Crippen molar-refractivity contribution >= 4 is 34.9 Å². The molecule has 0 bridgehead atoms. The smallest absolute Gasteiger partial charge is 0.392 e. The molecule has 0 aromatic heterocycles. The Balaban J connectivity index is 4.14. The second-order valence-electron chi connectivity index (χ2n) is 3.60. The number of nitrogens with two attached hydrogens (primary N) is 1. The molecular formula is C9H15F3N2OS2. The van der Waals surface area contributed by atoms with E-state index in [1.165, 1.54) is 0 Å². The van der Waals surface area contributed by atoms with Gasteiger partial charge in [-0.3, -0.25) is 4.79 Å². The summed E-state index contributed by atoms with van der Waals surface area (Å²) in [6, 6.07) is 0. The molecule has 0 saturated carbocycles. The summed E-state index contributed by atoms with van der Waals surface area (Å²) in [6.07, 6.45) is 0.403. The van der Waals surface area contributed by atoms with Crippen LogP contribution in [0.2, 0.25) is 0 Å². The average molecular weight is 288 g/mol. The Bertz CT molecular complexity index is 296. The number of thiocarbonyl (C=S) groups is 1. The summed E-state index contributed by atoms with van der Waals surface area (Å²) in [4.78, 5) is 11.7. The zero-order valence-electron chi connectivity index (χ0n) is 9.56. The van der Waals surface area contributed by atoms with Gasteiger partial charge in [0.15, 0.2) is 0 Å². The molecule has 0 heterocycles. The van der Waals surface area contributed by atoms with Crippen molar-refractivity contribution in [3.05, 3.63) is 0 Å². The van der Waals surface area contributed by atoms with E-state index in [9.17, 15) is 18.0 Å². The highest BCUT2D eigenvalue weighted by Crippen LogP contribution is 2.29. The van der Waals surface area contributed by atoms with Gasteiger partial charge in [-0.2, -0.15) is 13.2 Å². The molecule has 0 aromatic rings. The zero-order chi connectivity index (χ0) is 13.7. The molecule has 8 heteroatoms. The predicted molar refractivity (Wildman–Crippen MR) is 66.7 cm³/mol. The number of halogens is 3. The molecule has 3 nitrogen and oxygen atoms in total. The summed E-state index contributed by atoms with van der Waals surface area (Å²) >= 11 is 4.60. The Morgan fingerprint density at radius 1 is 1.47 bits per heavy atom. The van der Waals surface area contributed by atoms with Gasteiger partial charge in [-0.05, 0) is 25.1 Å². The predicted octanol–water partition coefficient (Wildman–Crippen LogP) is 2.06. The summed E-state index contributed by atoms with van der Waals surface area (Å²) in [7, 11) is 0. The lowest BCUT2D eigenvalue weighted by molar-refractivity contribution is -0.126. The summed E-state index contributed by atoms with van der Waals surface area (Å²) in [5, 5.41) is 2.40. The van der Waals surface area contributed by atoms with Crippen molar-refractivity contribution in [2.75, 3.05) is 12.3 Å². The molecule has 1 atom stereocenters. The second-order valence-corrected chi connectivity index (χ2v) is 5.20. The topological polar surface area (TPSA) is 55.1 Å². The maximum absolute atomic E-state index is 11.8. The van der Waals surface area contributed by atoms with Crippen molar-refractivity contribution in [2.24, 2.45) is 11.1 Å². The minimum Gasteiger partial charge on any atom is -0.392 e. The molecule has 100 valence electrons. The maximum atomic E-state index is 11.8. The van der Waals surface area contributed by atoms with Gasteiger partial charge < -0.3 is 11.1 Å². The molecular weight excluding hydrogens is 273 g/mol. The molecule has 0 fully saturated rings. The normalized spacial score (nSPS) is 15.1. The van der Waals surface area contributed by atoms with Crippen molar-refractivity contribution < 1.29 is 18.0 Å². The van der Waals surface area contributed by atoms with Crippen molar-refractivity contribution in [3.8, 4) is 0 Å². The second kappa shape index (κ2) is 6.44. The SMILES string of the molecule is CCC(C)(C(=O)NCCSC(F)(F)F)C(N)=S. The summed E-state index contributed by atoms with van der Waals surface area (Å²) in [5.41, 5.74) is 0.164. The summed E-state index contributed by atoms with van der Waals surface area (Å²) in [5.74, 6) is -0.665. The highest BCUT2D eigenvalue weighted by molar-refractivity contribution is 8.00. The Kier molecular flexibility index (Phi) is 6.25. The Labute approximate surface area is 108 Å². The fraction of sp³-hybridized carbons (Fsp3) is 0.778. The van der Waals surface area contributed by atoms with Crippen LogP contribution in [0.4, 0.5) is 13.2 Å². The van der Waals surface area contributed by atoms with Gasteiger partial charge in [-0.25, -0.2) is 0 Å². The molecule has 0 aliphatic rings. The van der Waals surface area contributed by atoms with Gasteiger partial charge in [0.25, 0.3) is 0 Å². The van der Waals surface area contributed by atoms with E-state index in [1.54, 1.807) is 13.8 Å². The van der Waals surface area contributed by atoms with E-state index < -0.39 is 16.8 Å². The van der Waals surface area contributed by atoms with Gasteiger partial charge in [0.1, 0.15) is 0 Å². The van der Waals surface area contributed by atoms with Crippen LogP contribution in [0.3, 0.4) is 0 Å². The molecule has 0 spiro atoms. The number of nitrogens with one attached hydrogen (secondary N) is 1. The molecule has 0 aromatic carbocycles. The number of hydrogen-bond donors (Lipinski definition) is 2. The van der Waals surface area contributed by atoms with Crippen molar-refractivity contribution in [3.63, 3.8) is 0 Å². The quantitative estimate of drug-likeness (QED) is 0.580. The van der Waals surface area contributed by atoms with Gasteiger partial charge in [0.05, 0.1) is 10.4 Å². The fourth-order valence-electron chi connectivity index (χ4n) is 0.973. The third kappa shape index (κ3) is 5.58. The number of rotatable bonds is 6. The van der Waals surface area contributed by atoms with Crippen LogP contribution in [0.25, 0.3) is 0 Å². The fourth-order valence-corrected chi connectivity index (χ4v) is 1.65. The van der Waals surface area contributed by atoms with Crippen molar-refractivity contribution in [1.29, 1.82) is 0 Å². The Morgan fingerprint density at radius 3 is 2.35 bits per heavy atom. The third-order valence-electron chi connectivity index (χ3n) is 2.41. The lowest BCUT2D eigenvalue weighted by atomic mass is 9.86. The van der Waals surface area contributed by atoms with Gasteiger partial charge in [-0.15, -0.1) is 0 Å². The van der Waals surface area contributed by atoms with Gasteiger partial charge >= 0.3 is 5.51 Å². The van der Waals surface area contributed by atoms with Crippen LogP contribution < -0.4 is 11.1 Å². The first-order valence-corrected chi connectivity index (χ1v) is 6.31. The zero-order valence-corrected chi connectivity index (χ0v) is 11.2. The van der Waals surface area contributed by atoms with Crippen LogP contribution in [0.5, 0.6) is 0 Å². The monoisotopic (exact) mass is 288 g/mol. The van der Waals surface area contributed by atoms with E-state index in [2.05, 4.69) is 5.32 Å². The first-order chi connectivity index (χ1) is 7.63.